The Morgan fingerprint density at radius 2 is 1.85 bits per heavy atom. The molecule has 1 saturated carbocycles. The highest BCUT2D eigenvalue weighted by atomic mass is 15.1. The summed E-state index contributed by atoms with van der Waals surface area (Å²) in [5.41, 5.74) is 6.21. The van der Waals surface area contributed by atoms with E-state index in [0.29, 0.717) is 6.04 Å². The molecule has 1 aliphatic heterocycles. The minimum Gasteiger partial charge on any atom is -0.326 e. The van der Waals surface area contributed by atoms with Crippen LogP contribution in [0.1, 0.15) is 32.1 Å². The number of piperidine rings is 1. The Bertz CT molecular complexity index is 163. The summed E-state index contributed by atoms with van der Waals surface area (Å²) >= 11 is 0. The zero-order valence-electron chi connectivity index (χ0n) is 8.71. The third kappa shape index (κ3) is 2.05. The topological polar surface area (TPSA) is 29.3 Å². The Hall–Kier alpha value is -0.0800. The van der Waals surface area contributed by atoms with E-state index >= 15 is 0 Å². The molecule has 2 rings (SSSR count). The lowest BCUT2D eigenvalue weighted by Gasteiger charge is -2.37. The van der Waals surface area contributed by atoms with E-state index in [1.807, 2.05) is 0 Å². The molecular weight excluding hydrogens is 160 g/mol. The Morgan fingerprint density at radius 1 is 1.15 bits per heavy atom. The van der Waals surface area contributed by atoms with Gasteiger partial charge in [0.1, 0.15) is 0 Å². The van der Waals surface area contributed by atoms with E-state index in [2.05, 4.69) is 11.9 Å². The van der Waals surface area contributed by atoms with Crippen LogP contribution in [0.5, 0.6) is 0 Å². The Kier molecular flexibility index (Phi) is 2.89. The molecule has 2 nitrogen and oxygen atoms in total. The first-order chi connectivity index (χ1) is 6.27. The molecule has 2 unspecified atom stereocenters. The highest BCUT2D eigenvalue weighted by molar-refractivity contribution is 4.87. The lowest BCUT2D eigenvalue weighted by atomic mass is 9.80. The second-order valence-corrected chi connectivity index (χ2v) is 4.92. The van der Waals surface area contributed by atoms with Crippen molar-refractivity contribution >= 4 is 0 Å². The van der Waals surface area contributed by atoms with Crippen LogP contribution in [0.4, 0.5) is 0 Å². The number of nitrogens with two attached hydrogens (primary N) is 1. The summed E-state index contributed by atoms with van der Waals surface area (Å²) in [6.07, 6.45) is 7.12. The van der Waals surface area contributed by atoms with E-state index < -0.39 is 0 Å². The fourth-order valence-electron chi connectivity index (χ4n) is 3.14. The first-order valence-corrected chi connectivity index (χ1v) is 5.71. The average Bonchev–Trinajstić information content (AvgIpc) is 2.56. The normalized spacial score (nSPS) is 38.3. The number of rotatable bonds is 1. The molecular formula is C11H22N2. The smallest absolute Gasteiger partial charge is 0.0199 e. The van der Waals surface area contributed by atoms with Gasteiger partial charge in [0.15, 0.2) is 0 Å². The van der Waals surface area contributed by atoms with Gasteiger partial charge in [-0.2, -0.15) is 0 Å². The van der Waals surface area contributed by atoms with Crippen molar-refractivity contribution in [1.82, 2.24) is 4.90 Å². The van der Waals surface area contributed by atoms with Crippen molar-refractivity contribution in [2.24, 2.45) is 17.6 Å². The van der Waals surface area contributed by atoms with Gasteiger partial charge in [-0.1, -0.05) is 25.7 Å². The molecule has 13 heavy (non-hydrogen) atoms. The Labute approximate surface area is 81.5 Å². The SMILES string of the molecule is CN1CCC(C2CCCC2)C(N)C1. The predicted octanol–water partition coefficient (Wildman–Crippen LogP) is 1.46. The second kappa shape index (κ2) is 3.97. The Balaban J connectivity index is 1.91. The van der Waals surface area contributed by atoms with Gasteiger partial charge >= 0.3 is 0 Å². The van der Waals surface area contributed by atoms with Gasteiger partial charge in [-0.05, 0) is 31.8 Å². The fraction of sp³-hybridized carbons (Fsp3) is 1.00. The summed E-state index contributed by atoms with van der Waals surface area (Å²) in [7, 11) is 2.19. The van der Waals surface area contributed by atoms with Crippen LogP contribution < -0.4 is 5.73 Å². The zero-order valence-corrected chi connectivity index (χ0v) is 8.71. The molecule has 1 heterocycles. The average molecular weight is 182 g/mol. The van der Waals surface area contributed by atoms with Crippen molar-refractivity contribution < 1.29 is 0 Å². The minimum absolute atomic E-state index is 0.446. The first kappa shape index (κ1) is 9.47. The third-order valence-corrected chi connectivity index (χ3v) is 3.92. The standard InChI is InChI=1S/C11H22N2/c1-13-7-6-10(11(12)8-13)9-4-2-3-5-9/h9-11H,2-8,12H2,1H3. The van der Waals surface area contributed by atoms with Gasteiger partial charge < -0.3 is 10.6 Å². The van der Waals surface area contributed by atoms with Gasteiger partial charge in [-0.25, -0.2) is 0 Å². The van der Waals surface area contributed by atoms with Crippen molar-refractivity contribution in [3.63, 3.8) is 0 Å². The summed E-state index contributed by atoms with van der Waals surface area (Å²) in [6, 6.07) is 0.446. The molecule has 2 atom stereocenters. The summed E-state index contributed by atoms with van der Waals surface area (Å²) in [6.45, 7) is 2.37. The zero-order chi connectivity index (χ0) is 9.26. The van der Waals surface area contributed by atoms with Gasteiger partial charge in [-0.15, -0.1) is 0 Å². The molecule has 2 aliphatic rings. The molecule has 0 amide bonds. The molecule has 0 bridgehead atoms. The monoisotopic (exact) mass is 182 g/mol. The summed E-state index contributed by atoms with van der Waals surface area (Å²) in [5, 5.41) is 0. The number of hydrogen-bond acceptors (Lipinski definition) is 2. The maximum atomic E-state index is 6.21. The lowest BCUT2D eigenvalue weighted by molar-refractivity contribution is 0.145. The van der Waals surface area contributed by atoms with Crippen LogP contribution in [-0.2, 0) is 0 Å². The van der Waals surface area contributed by atoms with Gasteiger partial charge in [0.05, 0.1) is 0 Å². The van der Waals surface area contributed by atoms with E-state index in [-0.39, 0.29) is 0 Å². The molecule has 1 aliphatic carbocycles. The van der Waals surface area contributed by atoms with Crippen molar-refractivity contribution in [1.29, 1.82) is 0 Å². The molecule has 0 aromatic carbocycles. The number of likely N-dealkylation sites (tertiary alicyclic amines) is 1. The summed E-state index contributed by atoms with van der Waals surface area (Å²) in [4.78, 5) is 2.37. The van der Waals surface area contributed by atoms with Crippen LogP contribution in [-0.4, -0.2) is 31.1 Å². The van der Waals surface area contributed by atoms with E-state index in [4.69, 9.17) is 5.73 Å². The molecule has 76 valence electrons. The van der Waals surface area contributed by atoms with Crippen LogP contribution in [0, 0.1) is 11.8 Å². The van der Waals surface area contributed by atoms with Crippen LogP contribution >= 0.6 is 0 Å². The van der Waals surface area contributed by atoms with Crippen LogP contribution in [0.2, 0.25) is 0 Å². The highest BCUT2D eigenvalue weighted by Gasteiger charge is 2.32. The second-order valence-electron chi connectivity index (χ2n) is 4.92. The number of hydrogen-bond donors (Lipinski definition) is 1. The maximum Gasteiger partial charge on any atom is 0.0199 e. The molecule has 0 aromatic heterocycles. The van der Waals surface area contributed by atoms with E-state index in [1.54, 1.807) is 0 Å². The number of nitrogens with zero attached hydrogens (tertiary/aromatic N) is 1. The van der Waals surface area contributed by atoms with Crippen molar-refractivity contribution in [3.8, 4) is 0 Å². The molecule has 0 radical (unpaired) electrons. The van der Waals surface area contributed by atoms with E-state index in [9.17, 15) is 0 Å². The molecule has 1 saturated heterocycles. The lowest BCUT2D eigenvalue weighted by Crippen LogP contribution is -2.48. The molecule has 2 N–H and O–H groups in total. The Morgan fingerprint density at radius 3 is 2.46 bits per heavy atom. The van der Waals surface area contributed by atoms with Gasteiger partial charge in [0.2, 0.25) is 0 Å². The molecule has 2 heteroatoms. The third-order valence-electron chi connectivity index (χ3n) is 3.92. The van der Waals surface area contributed by atoms with Crippen molar-refractivity contribution in [2.75, 3.05) is 20.1 Å². The quantitative estimate of drug-likeness (QED) is 0.665. The van der Waals surface area contributed by atoms with Crippen LogP contribution in [0.25, 0.3) is 0 Å². The van der Waals surface area contributed by atoms with E-state index in [0.717, 1.165) is 18.4 Å². The highest BCUT2D eigenvalue weighted by Crippen LogP contribution is 2.36. The van der Waals surface area contributed by atoms with Gasteiger partial charge in [0, 0.05) is 12.6 Å². The molecule has 0 spiro atoms. The van der Waals surface area contributed by atoms with Crippen molar-refractivity contribution in [3.05, 3.63) is 0 Å². The number of likely N-dealkylation sites (N-methyl/N-ethyl adjacent to an activating group) is 1. The van der Waals surface area contributed by atoms with E-state index in [1.165, 1.54) is 38.6 Å². The first-order valence-electron chi connectivity index (χ1n) is 5.71. The largest absolute Gasteiger partial charge is 0.326 e. The molecule has 2 fully saturated rings. The fourth-order valence-corrected chi connectivity index (χ4v) is 3.14. The van der Waals surface area contributed by atoms with Crippen LogP contribution in [0.3, 0.4) is 0 Å². The van der Waals surface area contributed by atoms with Gasteiger partial charge in [0.25, 0.3) is 0 Å². The minimum atomic E-state index is 0.446. The van der Waals surface area contributed by atoms with Gasteiger partial charge in [-0.3, -0.25) is 0 Å². The van der Waals surface area contributed by atoms with Crippen molar-refractivity contribution in [2.45, 2.75) is 38.1 Å². The van der Waals surface area contributed by atoms with Crippen LogP contribution in [0.15, 0.2) is 0 Å². The summed E-state index contributed by atoms with van der Waals surface area (Å²) in [5.74, 6) is 1.79. The summed E-state index contributed by atoms with van der Waals surface area (Å²) < 4.78 is 0. The maximum absolute atomic E-state index is 6.21. The predicted molar refractivity (Wildman–Crippen MR) is 55.5 cm³/mol. The molecule has 0 aromatic rings.